The van der Waals surface area contributed by atoms with Crippen LogP contribution in [0.3, 0.4) is 0 Å². The number of fused-ring (bicyclic) bond motifs is 1. The molecule has 2 heterocycles. The smallest absolute Gasteiger partial charge is 0.258 e. The number of anilines is 1. The lowest BCUT2D eigenvalue weighted by molar-refractivity contribution is 0.0747. The van der Waals surface area contributed by atoms with Crippen molar-refractivity contribution < 1.29 is 9.53 Å². The van der Waals surface area contributed by atoms with E-state index in [2.05, 4.69) is 4.98 Å². The molecule has 1 aromatic heterocycles. The van der Waals surface area contributed by atoms with E-state index in [0.29, 0.717) is 29.5 Å². The number of aromatic nitrogens is 1. The molecule has 0 saturated heterocycles. The molecule has 0 unspecified atom stereocenters. The van der Waals surface area contributed by atoms with Crippen LogP contribution in [0.25, 0.3) is 0 Å². The summed E-state index contributed by atoms with van der Waals surface area (Å²) in [6.45, 7) is 1.08. The number of hydrogen-bond donors (Lipinski definition) is 1. The first-order chi connectivity index (χ1) is 9.19. The molecule has 98 valence electrons. The molecule has 0 bridgehead atoms. The second kappa shape index (κ2) is 4.55. The molecule has 0 fully saturated rings. The summed E-state index contributed by atoms with van der Waals surface area (Å²) in [4.78, 5) is 19.5. The maximum absolute atomic E-state index is 12.5. The Kier molecular flexibility index (Phi) is 2.87. The van der Waals surface area contributed by atoms with Gasteiger partial charge in [-0.25, -0.2) is 4.98 Å². The van der Waals surface area contributed by atoms with Crippen molar-refractivity contribution in [3.8, 4) is 5.75 Å². The van der Waals surface area contributed by atoms with Crippen LogP contribution in [-0.2, 0) is 13.1 Å². The van der Waals surface area contributed by atoms with E-state index in [-0.39, 0.29) is 5.91 Å². The van der Waals surface area contributed by atoms with Crippen molar-refractivity contribution >= 4 is 22.4 Å². The zero-order chi connectivity index (χ0) is 13.4. The second-order valence-electron chi connectivity index (χ2n) is 4.28. The molecule has 1 aromatic carbocycles. The van der Waals surface area contributed by atoms with Gasteiger partial charge in [0.15, 0.2) is 5.13 Å². The van der Waals surface area contributed by atoms with Crippen molar-refractivity contribution in [3.63, 3.8) is 0 Å². The van der Waals surface area contributed by atoms with Crippen LogP contribution >= 0.6 is 11.3 Å². The molecule has 6 heteroatoms. The van der Waals surface area contributed by atoms with Crippen LogP contribution in [0.5, 0.6) is 5.75 Å². The molecule has 1 amide bonds. The van der Waals surface area contributed by atoms with Crippen molar-refractivity contribution in [3.05, 3.63) is 40.4 Å². The molecule has 2 aromatic rings. The normalized spacial score (nSPS) is 13.4. The van der Waals surface area contributed by atoms with Gasteiger partial charge in [0.1, 0.15) is 5.75 Å². The van der Waals surface area contributed by atoms with Crippen molar-refractivity contribution in [1.82, 2.24) is 9.88 Å². The van der Waals surface area contributed by atoms with Crippen LogP contribution in [0.15, 0.2) is 24.3 Å². The molecule has 3 rings (SSSR count). The fraction of sp³-hybridized carbons (Fsp3) is 0.231. The molecule has 1 aliphatic rings. The van der Waals surface area contributed by atoms with E-state index in [9.17, 15) is 4.79 Å². The standard InChI is InChI=1S/C13H13N3O2S/c1-18-10-5-3-2-4-8(10)12(17)16-6-9-11(7-16)19-13(14)15-9/h2-5H,6-7H2,1H3,(H2,14,15). The summed E-state index contributed by atoms with van der Waals surface area (Å²) in [5.41, 5.74) is 7.14. The molecule has 19 heavy (non-hydrogen) atoms. The van der Waals surface area contributed by atoms with Gasteiger partial charge in [-0.2, -0.15) is 0 Å². The molecule has 1 aliphatic heterocycles. The third kappa shape index (κ3) is 2.04. The summed E-state index contributed by atoms with van der Waals surface area (Å²) in [5.74, 6) is 0.552. The number of para-hydroxylation sites is 1. The number of thiazole rings is 1. The van der Waals surface area contributed by atoms with Gasteiger partial charge < -0.3 is 15.4 Å². The van der Waals surface area contributed by atoms with Gasteiger partial charge in [-0.05, 0) is 12.1 Å². The Hall–Kier alpha value is -2.08. The maximum atomic E-state index is 12.5. The minimum absolute atomic E-state index is 0.0405. The summed E-state index contributed by atoms with van der Waals surface area (Å²) in [6, 6.07) is 7.24. The first-order valence-corrected chi connectivity index (χ1v) is 6.67. The van der Waals surface area contributed by atoms with E-state index in [1.54, 1.807) is 24.1 Å². The van der Waals surface area contributed by atoms with Gasteiger partial charge in [-0.3, -0.25) is 4.79 Å². The minimum atomic E-state index is -0.0405. The third-order valence-electron chi connectivity index (χ3n) is 3.09. The number of amides is 1. The lowest BCUT2D eigenvalue weighted by Gasteiger charge is -2.17. The van der Waals surface area contributed by atoms with Crippen molar-refractivity contribution in [2.75, 3.05) is 12.8 Å². The number of hydrogen-bond acceptors (Lipinski definition) is 5. The number of nitrogen functional groups attached to an aromatic ring is 1. The average molecular weight is 275 g/mol. The number of carbonyl (C=O) groups excluding carboxylic acids is 1. The monoisotopic (exact) mass is 275 g/mol. The predicted octanol–water partition coefficient (Wildman–Crippen LogP) is 1.89. The lowest BCUT2D eigenvalue weighted by Crippen LogP contribution is -2.26. The summed E-state index contributed by atoms with van der Waals surface area (Å²) >= 11 is 1.44. The van der Waals surface area contributed by atoms with Crippen LogP contribution in [0, 0.1) is 0 Å². The topological polar surface area (TPSA) is 68.5 Å². The summed E-state index contributed by atoms with van der Waals surface area (Å²) < 4.78 is 5.22. The number of ether oxygens (including phenoxy) is 1. The number of carbonyl (C=O) groups is 1. The number of benzene rings is 1. The fourth-order valence-electron chi connectivity index (χ4n) is 2.20. The van der Waals surface area contributed by atoms with Gasteiger partial charge in [-0.15, -0.1) is 11.3 Å². The Bertz CT molecular complexity index is 615. The molecule has 0 spiro atoms. The van der Waals surface area contributed by atoms with Gasteiger partial charge >= 0.3 is 0 Å². The van der Waals surface area contributed by atoms with E-state index < -0.39 is 0 Å². The van der Waals surface area contributed by atoms with E-state index in [1.807, 2.05) is 12.1 Å². The minimum Gasteiger partial charge on any atom is -0.496 e. The van der Waals surface area contributed by atoms with Crippen molar-refractivity contribution in [2.24, 2.45) is 0 Å². The number of nitrogens with two attached hydrogens (primary N) is 1. The van der Waals surface area contributed by atoms with Crippen LogP contribution in [-0.4, -0.2) is 22.9 Å². The highest BCUT2D eigenvalue weighted by Gasteiger charge is 2.28. The Morgan fingerprint density at radius 1 is 1.42 bits per heavy atom. The van der Waals surface area contributed by atoms with Crippen molar-refractivity contribution in [1.29, 1.82) is 0 Å². The molecule has 0 aliphatic carbocycles. The van der Waals surface area contributed by atoms with Gasteiger partial charge in [0.2, 0.25) is 0 Å². The molecule has 0 atom stereocenters. The highest BCUT2D eigenvalue weighted by atomic mass is 32.1. The van der Waals surface area contributed by atoms with Crippen molar-refractivity contribution in [2.45, 2.75) is 13.1 Å². The zero-order valence-electron chi connectivity index (χ0n) is 10.4. The molecule has 0 saturated carbocycles. The van der Waals surface area contributed by atoms with Crippen LogP contribution in [0.4, 0.5) is 5.13 Å². The van der Waals surface area contributed by atoms with E-state index in [1.165, 1.54) is 11.3 Å². The van der Waals surface area contributed by atoms with Crippen LogP contribution < -0.4 is 10.5 Å². The molecular weight excluding hydrogens is 262 g/mol. The molecular formula is C13H13N3O2S. The first-order valence-electron chi connectivity index (χ1n) is 5.85. The second-order valence-corrected chi connectivity index (χ2v) is 5.40. The van der Waals surface area contributed by atoms with E-state index >= 15 is 0 Å². The quantitative estimate of drug-likeness (QED) is 0.908. The largest absolute Gasteiger partial charge is 0.496 e. The van der Waals surface area contributed by atoms with E-state index in [0.717, 1.165) is 10.6 Å². The molecule has 5 nitrogen and oxygen atoms in total. The Morgan fingerprint density at radius 2 is 2.21 bits per heavy atom. The van der Waals surface area contributed by atoms with E-state index in [4.69, 9.17) is 10.5 Å². The summed E-state index contributed by atoms with van der Waals surface area (Å²) in [5, 5.41) is 0.564. The molecule has 2 N–H and O–H groups in total. The van der Waals surface area contributed by atoms with Gasteiger partial charge in [0.05, 0.1) is 36.3 Å². The SMILES string of the molecule is COc1ccccc1C(=O)N1Cc2nc(N)sc2C1. The summed E-state index contributed by atoms with van der Waals surface area (Å²) in [7, 11) is 1.56. The zero-order valence-corrected chi connectivity index (χ0v) is 11.2. The lowest BCUT2D eigenvalue weighted by atomic mass is 10.2. The average Bonchev–Trinajstić information content (AvgIpc) is 2.95. The number of nitrogens with zero attached hydrogens (tertiary/aromatic N) is 2. The predicted molar refractivity (Wildman–Crippen MR) is 73.1 cm³/mol. The third-order valence-corrected chi connectivity index (χ3v) is 4.01. The number of rotatable bonds is 2. The first kappa shape index (κ1) is 12.0. The Balaban J connectivity index is 1.85. The number of methoxy groups -OCH3 is 1. The highest BCUT2D eigenvalue weighted by molar-refractivity contribution is 7.15. The Morgan fingerprint density at radius 3 is 2.95 bits per heavy atom. The van der Waals surface area contributed by atoms with Crippen LogP contribution in [0.1, 0.15) is 20.9 Å². The van der Waals surface area contributed by atoms with Crippen LogP contribution in [0.2, 0.25) is 0 Å². The van der Waals surface area contributed by atoms with Gasteiger partial charge in [0.25, 0.3) is 5.91 Å². The maximum Gasteiger partial charge on any atom is 0.258 e. The summed E-state index contributed by atoms with van der Waals surface area (Å²) in [6.07, 6.45) is 0. The molecule has 0 radical (unpaired) electrons. The highest BCUT2D eigenvalue weighted by Crippen LogP contribution is 2.31. The van der Waals surface area contributed by atoms with Gasteiger partial charge in [0, 0.05) is 0 Å². The Labute approximate surface area is 114 Å². The fourth-order valence-corrected chi connectivity index (χ4v) is 3.05. The van der Waals surface area contributed by atoms with Gasteiger partial charge in [-0.1, -0.05) is 12.1 Å².